The van der Waals surface area contributed by atoms with Crippen LogP contribution in [0.2, 0.25) is 0 Å². The van der Waals surface area contributed by atoms with Gasteiger partial charge in [0.1, 0.15) is 0 Å². The predicted molar refractivity (Wildman–Crippen MR) is 57.3 cm³/mol. The maximum atomic E-state index is 9.25. The number of rotatable bonds is 5. The SMILES string of the molecule is C[C@@H](O)c1ccc(SCCCO)nc1. The number of pyridine rings is 1. The van der Waals surface area contributed by atoms with Crippen molar-refractivity contribution in [1.29, 1.82) is 0 Å². The zero-order valence-electron chi connectivity index (χ0n) is 8.18. The van der Waals surface area contributed by atoms with Crippen molar-refractivity contribution in [3.63, 3.8) is 0 Å². The predicted octanol–water partition coefficient (Wildman–Crippen LogP) is 1.61. The molecule has 0 saturated heterocycles. The Labute approximate surface area is 88.2 Å². The summed E-state index contributed by atoms with van der Waals surface area (Å²) in [6, 6.07) is 3.77. The third-order valence-corrected chi connectivity index (χ3v) is 2.82. The molecule has 1 aromatic rings. The van der Waals surface area contributed by atoms with E-state index in [4.69, 9.17) is 5.11 Å². The molecular formula is C10H15NO2S. The van der Waals surface area contributed by atoms with Crippen LogP contribution in [0.4, 0.5) is 0 Å². The standard InChI is InChI=1S/C10H15NO2S/c1-8(13)9-3-4-10(11-7-9)14-6-2-5-12/h3-4,7-8,12-13H,2,5-6H2,1H3/t8-/m1/s1. The minimum atomic E-state index is -0.459. The van der Waals surface area contributed by atoms with Gasteiger partial charge in [-0.05, 0) is 25.0 Å². The third-order valence-electron chi connectivity index (χ3n) is 1.79. The molecule has 0 aromatic carbocycles. The fourth-order valence-electron chi connectivity index (χ4n) is 0.966. The number of hydrogen-bond donors (Lipinski definition) is 2. The third kappa shape index (κ3) is 3.65. The molecule has 0 spiro atoms. The van der Waals surface area contributed by atoms with Crippen molar-refractivity contribution in [3.05, 3.63) is 23.9 Å². The summed E-state index contributed by atoms with van der Waals surface area (Å²) in [4.78, 5) is 4.19. The number of nitrogens with zero attached hydrogens (tertiary/aromatic N) is 1. The van der Waals surface area contributed by atoms with Crippen LogP contribution in [-0.2, 0) is 0 Å². The van der Waals surface area contributed by atoms with E-state index >= 15 is 0 Å². The Hall–Kier alpha value is -0.580. The van der Waals surface area contributed by atoms with Gasteiger partial charge in [-0.1, -0.05) is 6.07 Å². The minimum Gasteiger partial charge on any atom is -0.396 e. The minimum absolute atomic E-state index is 0.221. The fraction of sp³-hybridized carbons (Fsp3) is 0.500. The van der Waals surface area contributed by atoms with Crippen LogP contribution in [0.3, 0.4) is 0 Å². The Morgan fingerprint density at radius 3 is 2.79 bits per heavy atom. The van der Waals surface area contributed by atoms with Gasteiger partial charge < -0.3 is 10.2 Å². The Morgan fingerprint density at radius 2 is 2.29 bits per heavy atom. The molecule has 1 heterocycles. The van der Waals surface area contributed by atoms with Crippen molar-refractivity contribution in [2.24, 2.45) is 0 Å². The maximum absolute atomic E-state index is 9.25. The Balaban J connectivity index is 2.47. The van der Waals surface area contributed by atoms with E-state index in [1.54, 1.807) is 24.9 Å². The number of thioether (sulfide) groups is 1. The van der Waals surface area contributed by atoms with Crippen molar-refractivity contribution in [2.45, 2.75) is 24.5 Å². The Morgan fingerprint density at radius 1 is 1.50 bits per heavy atom. The van der Waals surface area contributed by atoms with E-state index in [-0.39, 0.29) is 6.61 Å². The molecule has 1 rings (SSSR count). The molecule has 3 nitrogen and oxygen atoms in total. The summed E-state index contributed by atoms with van der Waals surface area (Å²) in [6.07, 6.45) is 2.01. The summed E-state index contributed by atoms with van der Waals surface area (Å²) < 4.78 is 0. The highest BCUT2D eigenvalue weighted by Gasteiger charge is 2.01. The largest absolute Gasteiger partial charge is 0.396 e. The van der Waals surface area contributed by atoms with Gasteiger partial charge in [-0.2, -0.15) is 0 Å². The maximum Gasteiger partial charge on any atom is 0.0960 e. The van der Waals surface area contributed by atoms with Crippen LogP contribution in [0.25, 0.3) is 0 Å². The summed E-state index contributed by atoms with van der Waals surface area (Å²) in [5, 5.41) is 18.8. The Kier molecular flexibility index (Phi) is 4.93. The molecule has 0 saturated carbocycles. The Bertz CT molecular complexity index is 261. The van der Waals surface area contributed by atoms with E-state index in [0.717, 1.165) is 22.8 Å². The average Bonchev–Trinajstić information content (AvgIpc) is 2.19. The quantitative estimate of drug-likeness (QED) is 0.576. The first-order valence-electron chi connectivity index (χ1n) is 4.61. The molecule has 0 radical (unpaired) electrons. The van der Waals surface area contributed by atoms with Crippen LogP contribution in [-0.4, -0.2) is 27.6 Å². The zero-order chi connectivity index (χ0) is 10.4. The highest BCUT2D eigenvalue weighted by molar-refractivity contribution is 7.99. The number of aliphatic hydroxyl groups is 2. The molecule has 4 heteroatoms. The van der Waals surface area contributed by atoms with Gasteiger partial charge in [-0.3, -0.25) is 0 Å². The lowest BCUT2D eigenvalue weighted by Crippen LogP contribution is -1.93. The van der Waals surface area contributed by atoms with E-state index in [2.05, 4.69) is 4.98 Å². The topological polar surface area (TPSA) is 53.4 Å². The monoisotopic (exact) mass is 213 g/mol. The van der Waals surface area contributed by atoms with Crippen molar-refractivity contribution in [1.82, 2.24) is 4.98 Å². The van der Waals surface area contributed by atoms with Gasteiger partial charge in [-0.25, -0.2) is 4.98 Å². The molecule has 0 unspecified atom stereocenters. The molecule has 0 aliphatic rings. The van der Waals surface area contributed by atoms with Crippen molar-refractivity contribution >= 4 is 11.8 Å². The van der Waals surface area contributed by atoms with Crippen LogP contribution in [0.15, 0.2) is 23.4 Å². The molecule has 2 N–H and O–H groups in total. The first-order valence-corrected chi connectivity index (χ1v) is 5.60. The molecule has 1 atom stereocenters. The first-order chi connectivity index (χ1) is 6.74. The molecule has 78 valence electrons. The second-order valence-corrected chi connectivity index (χ2v) is 4.15. The highest BCUT2D eigenvalue weighted by atomic mass is 32.2. The molecular weight excluding hydrogens is 198 g/mol. The van der Waals surface area contributed by atoms with Gasteiger partial charge in [0, 0.05) is 18.6 Å². The van der Waals surface area contributed by atoms with Gasteiger partial charge in [0.2, 0.25) is 0 Å². The number of aliphatic hydroxyl groups excluding tert-OH is 2. The summed E-state index contributed by atoms with van der Waals surface area (Å²) in [5.74, 6) is 0.873. The van der Waals surface area contributed by atoms with Crippen LogP contribution >= 0.6 is 11.8 Å². The first kappa shape index (κ1) is 11.5. The van der Waals surface area contributed by atoms with E-state index in [1.165, 1.54) is 0 Å². The summed E-state index contributed by atoms with van der Waals surface area (Å²) >= 11 is 1.61. The van der Waals surface area contributed by atoms with Crippen LogP contribution in [0.5, 0.6) is 0 Å². The van der Waals surface area contributed by atoms with E-state index in [0.29, 0.717) is 0 Å². The van der Waals surface area contributed by atoms with E-state index in [1.807, 2.05) is 12.1 Å². The van der Waals surface area contributed by atoms with Crippen molar-refractivity contribution < 1.29 is 10.2 Å². The lowest BCUT2D eigenvalue weighted by atomic mass is 10.2. The molecule has 0 amide bonds. The fourth-order valence-corrected chi connectivity index (χ4v) is 1.74. The van der Waals surface area contributed by atoms with Crippen molar-refractivity contribution in [2.75, 3.05) is 12.4 Å². The molecule has 0 aliphatic heterocycles. The van der Waals surface area contributed by atoms with Gasteiger partial charge in [0.15, 0.2) is 0 Å². The second-order valence-electron chi connectivity index (χ2n) is 3.03. The summed E-state index contributed by atoms with van der Waals surface area (Å²) in [5.41, 5.74) is 0.830. The van der Waals surface area contributed by atoms with Crippen LogP contribution in [0.1, 0.15) is 25.0 Å². The van der Waals surface area contributed by atoms with Crippen LogP contribution < -0.4 is 0 Å². The molecule has 0 aliphatic carbocycles. The normalized spacial score (nSPS) is 12.8. The van der Waals surface area contributed by atoms with Gasteiger partial charge in [0.25, 0.3) is 0 Å². The molecule has 14 heavy (non-hydrogen) atoms. The van der Waals surface area contributed by atoms with E-state index in [9.17, 15) is 5.11 Å². The highest BCUT2D eigenvalue weighted by Crippen LogP contribution is 2.18. The molecule has 0 fully saturated rings. The summed E-state index contributed by atoms with van der Waals surface area (Å²) in [7, 11) is 0. The lowest BCUT2D eigenvalue weighted by molar-refractivity contribution is 0.198. The van der Waals surface area contributed by atoms with E-state index < -0.39 is 6.10 Å². The van der Waals surface area contributed by atoms with Gasteiger partial charge in [0.05, 0.1) is 11.1 Å². The lowest BCUT2D eigenvalue weighted by Gasteiger charge is -2.04. The van der Waals surface area contributed by atoms with Gasteiger partial charge in [-0.15, -0.1) is 11.8 Å². The second kappa shape index (κ2) is 6.01. The number of hydrogen-bond acceptors (Lipinski definition) is 4. The van der Waals surface area contributed by atoms with Crippen LogP contribution in [0, 0.1) is 0 Å². The molecule has 0 bridgehead atoms. The smallest absolute Gasteiger partial charge is 0.0960 e. The average molecular weight is 213 g/mol. The van der Waals surface area contributed by atoms with Crippen molar-refractivity contribution in [3.8, 4) is 0 Å². The molecule has 1 aromatic heterocycles. The van der Waals surface area contributed by atoms with Gasteiger partial charge >= 0.3 is 0 Å². The summed E-state index contributed by atoms with van der Waals surface area (Å²) in [6.45, 7) is 1.94. The zero-order valence-corrected chi connectivity index (χ0v) is 9.00. The number of aromatic nitrogens is 1.